The Morgan fingerprint density at radius 1 is 1.67 bits per heavy atom. The Balaban J connectivity index is 2.29. The van der Waals surface area contributed by atoms with Crippen molar-refractivity contribution >= 4 is 10.8 Å². The fraction of sp³-hybridized carbons (Fsp3) is 0.400. The molecule has 0 radical (unpaired) electrons. The number of hydrogen-bond acceptors (Lipinski definition) is 4. The Hall–Kier alpha value is -1.25. The van der Waals surface area contributed by atoms with E-state index < -0.39 is 10.8 Å². The predicted octanol–water partition coefficient (Wildman–Crippen LogP) is 0.423. The molecule has 1 aromatic rings. The van der Waals surface area contributed by atoms with Gasteiger partial charge >= 0.3 is 0 Å². The molecule has 1 N–H and O–H groups in total. The second-order valence-corrected chi connectivity index (χ2v) is 5.03. The van der Waals surface area contributed by atoms with Crippen molar-refractivity contribution < 1.29 is 4.21 Å². The molecule has 5 heteroatoms. The van der Waals surface area contributed by atoms with Gasteiger partial charge in [0.15, 0.2) is 0 Å². The van der Waals surface area contributed by atoms with Crippen LogP contribution < -0.4 is 5.32 Å². The maximum atomic E-state index is 12.1. The molecule has 1 fully saturated rings. The minimum Gasteiger partial charge on any atom is -0.315 e. The highest BCUT2D eigenvalue weighted by Gasteiger charge is 2.24. The third-order valence-corrected chi connectivity index (χ3v) is 4.11. The molecule has 78 valence electrons. The van der Waals surface area contributed by atoms with Gasteiger partial charge in [-0.05, 0) is 25.1 Å². The molecule has 1 aromatic heterocycles. The Morgan fingerprint density at radius 3 is 3.20 bits per heavy atom. The summed E-state index contributed by atoms with van der Waals surface area (Å²) in [6, 6.07) is 5.37. The first-order valence-electron chi connectivity index (χ1n) is 4.79. The molecule has 0 aliphatic carbocycles. The highest BCUT2D eigenvalue weighted by molar-refractivity contribution is 7.85. The van der Waals surface area contributed by atoms with Gasteiger partial charge in [-0.15, -0.1) is 0 Å². The number of nitriles is 1. The summed E-state index contributed by atoms with van der Waals surface area (Å²) in [4.78, 5) is 4.04. The van der Waals surface area contributed by atoms with Crippen molar-refractivity contribution in [2.24, 2.45) is 0 Å². The molecular formula is C10H11N3OS. The van der Waals surface area contributed by atoms with Gasteiger partial charge in [-0.3, -0.25) is 4.21 Å². The number of hydrogen-bond donors (Lipinski definition) is 1. The van der Waals surface area contributed by atoms with Crippen LogP contribution in [0.5, 0.6) is 0 Å². The summed E-state index contributed by atoms with van der Waals surface area (Å²) < 4.78 is 12.1. The van der Waals surface area contributed by atoms with Gasteiger partial charge in [-0.25, -0.2) is 4.98 Å². The quantitative estimate of drug-likeness (QED) is 0.786. The Bertz CT molecular complexity index is 421. The topological polar surface area (TPSA) is 65.8 Å². The van der Waals surface area contributed by atoms with Crippen molar-refractivity contribution in [3.05, 3.63) is 23.9 Å². The highest BCUT2D eigenvalue weighted by atomic mass is 32.2. The number of nitrogens with zero attached hydrogens (tertiary/aromatic N) is 2. The fourth-order valence-electron chi connectivity index (χ4n) is 1.60. The minimum atomic E-state index is -1.17. The largest absolute Gasteiger partial charge is 0.315 e. The van der Waals surface area contributed by atoms with E-state index >= 15 is 0 Å². The van der Waals surface area contributed by atoms with E-state index in [1.165, 1.54) is 0 Å². The maximum Gasteiger partial charge on any atom is 0.145 e. The molecule has 2 heterocycles. The SMILES string of the molecule is N#Cc1cccnc1S(=O)C1CCNC1. The molecular weight excluding hydrogens is 210 g/mol. The molecule has 1 saturated heterocycles. The predicted molar refractivity (Wildman–Crippen MR) is 56.6 cm³/mol. The van der Waals surface area contributed by atoms with Crippen LogP contribution in [0.2, 0.25) is 0 Å². The highest BCUT2D eigenvalue weighted by Crippen LogP contribution is 2.16. The van der Waals surface area contributed by atoms with E-state index in [4.69, 9.17) is 5.26 Å². The molecule has 0 aromatic carbocycles. The summed E-state index contributed by atoms with van der Waals surface area (Å²) in [5.41, 5.74) is 0.419. The lowest BCUT2D eigenvalue weighted by molar-refractivity contribution is 0.669. The zero-order chi connectivity index (χ0) is 10.7. The first-order chi connectivity index (χ1) is 7.33. The van der Waals surface area contributed by atoms with Gasteiger partial charge in [0.25, 0.3) is 0 Å². The molecule has 0 saturated carbocycles. The number of rotatable bonds is 2. The van der Waals surface area contributed by atoms with E-state index in [9.17, 15) is 4.21 Å². The van der Waals surface area contributed by atoms with Crippen molar-refractivity contribution in [3.8, 4) is 6.07 Å². The summed E-state index contributed by atoms with van der Waals surface area (Å²) >= 11 is 0. The zero-order valence-corrected chi connectivity index (χ0v) is 8.96. The van der Waals surface area contributed by atoms with Crippen LogP contribution in [0.1, 0.15) is 12.0 Å². The molecule has 2 atom stereocenters. The summed E-state index contributed by atoms with van der Waals surface area (Å²) in [5, 5.41) is 12.5. The summed E-state index contributed by atoms with van der Waals surface area (Å²) in [6.45, 7) is 1.64. The van der Waals surface area contributed by atoms with Crippen LogP contribution in [0.4, 0.5) is 0 Å². The van der Waals surface area contributed by atoms with Gasteiger partial charge in [0, 0.05) is 12.7 Å². The van der Waals surface area contributed by atoms with Crippen molar-refractivity contribution in [2.75, 3.05) is 13.1 Å². The maximum absolute atomic E-state index is 12.1. The standard InChI is InChI=1S/C10H11N3OS/c11-6-8-2-1-4-13-10(8)15(14)9-3-5-12-7-9/h1-2,4,9,12H,3,5,7H2. The van der Waals surface area contributed by atoms with Gasteiger partial charge in [0.05, 0.1) is 21.6 Å². The smallest absolute Gasteiger partial charge is 0.145 e. The van der Waals surface area contributed by atoms with Gasteiger partial charge in [-0.2, -0.15) is 5.26 Å². The number of nitrogens with one attached hydrogen (secondary N) is 1. The third-order valence-electron chi connectivity index (χ3n) is 2.40. The van der Waals surface area contributed by atoms with Gasteiger partial charge in [0.2, 0.25) is 0 Å². The monoisotopic (exact) mass is 221 g/mol. The molecule has 4 nitrogen and oxygen atoms in total. The van der Waals surface area contributed by atoms with E-state index in [1.54, 1.807) is 18.3 Å². The third kappa shape index (κ3) is 2.06. The van der Waals surface area contributed by atoms with Crippen molar-refractivity contribution in [1.29, 1.82) is 5.26 Å². The molecule has 2 rings (SSSR count). The molecule has 0 amide bonds. The molecule has 0 bridgehead atoms. The van der Waals surface area contributed by atoms with Crippen LogP contribution in [-0.2, 0) is 10.8 Å². The van der Waals surface area contributed by atoms with Crippen LogP contribution in [0.3, 0.4) is 0 Å². The Labute approximate surface area is 90.8 Å². The lowest BCUT2D eigenvalue weighted by atomic mass is 10.3. The minimum absolute atomic E-state index is 0.0898. The summed E-state index contributed by atoms with van der Waals surface area (Å²) in [7, 11) is -1.17. The Morgan fingerprint density at radius 2 is 2.53 bits per heavy atom. The number of pyridine rings is 1. The average Bonchev–Trinajstić information content (AvgIpc) is 2.81. The van der Waals surface area contributed by atoms with Crippen LogP contribution in [0.25, 0.3) is 0 Å². The molecule has 0 spiro atoms. The first-order valence-corrected chi connectivity index (χ1v) is 6.00. The first kappa shape index (κ1) is 10.3. The lowest BCUT2D eigenvalue weighted by Crippen LogP contribution is -2.20. The van der Waals surface area contributed by atoms with Gasteiger partial charge < -0.3 is 5.32 Å². The molecule has 2 unspecified atom stereocenters. The van der Waals surface area contributed by atoms with Crippen LogP contribution in [0, 0.1) is 11.3 Å². The lowest BCUT2D eigenvalue weighted by Gasteiger charge is -2.08. The average molecular weight is 221 g/mol. The second-order valence-electron chi connectivity index (χ2n) is 3.38. The van der Waals surface area contributed by atoms with Gasteiger partial charge in [0.1, 0.15) is 11.1 Å². The van der Waals surface area contributed by atoms with E-state index in [1.807, 2.05) is 6.07 Å². The van der Waals surface area contributed by atoms with E-state index in [0.29, 0.717) is 10.6 Å². The summed E-state index contributed by atoms with van der Waals surface area (Å²) in [6.07, 6.45) is 2.46. The van der Waals surface area contributed by atoms with Crippen LogP contribution >= 0.6 is 0 Å². The van der Waals surface area contributed by atoms with Crippen molar-refractivity contribution in [1.82, 2.24) is 10.3 Å². The zero-order valence-electron chi connectivity index (χ0n) is 8.14. The summed E-state index contributed by atoms with van der Waals surface area (Å²) in [5.74, 6) is 0. The van der Waals surface area contributed by atoms with E-state index in [0.717, 1.165) is 19.5 Å². The normalized spacial score (nSPS) is 22.2. The number of aromatic nitrogens is 1. The molecule has 1 aliphatic heterocycles. The van der Waals surface area contributed by atoms with E-state index in [2.05, 4.69) is 10.3 Å². The van der Waals surface area contributed by atoms with Crippen LogP contribution in [-0.4, -0.2) is 27.5 Å². The fourth-order valence-corrected chi connectivity index (χ4v) is 3.02. The Kier molecular flexibility index (Phi) is 3.09. The molecule has 15 heavy (non-hydrogen) atoms. The van der Waals surface area contributed by atoms with Crippen LogP contribution in [0.15, 0.2) is 23.4 Å². The van der Waals surface area contributed by atoms with Crippen molar-refractivity contribution in [3.63, 3.8) is 0 Å². The molecule has 1 aliphatic rings. The van der Waals surface area contributed by atoms with E-state index in [-0.39, 0.29) is 5.25 Å². The second kappa shape index (κ2) is 4.51. The van der Waals surface area contributed by atoms with Crippen molar-refractivity contribution in [2.45, 2.75) is 16.7 Å². The van der Waals surface area contributed by atoms with Gasteiger partial charge in [-0.1, -0.05) is 0 Å².